The summed E-state index contributed by atoms with van der Waals surface area (Å²) in [7, 11) is 1.20. The fourth-order valence-corrected chi connectivity index (χ4v) is 0.641. The number of carbonyl (C=O) groups is 1. The first-order valence-corrected chi connectivity index (χ1v) is 3.24. The lowest BCUT2D eigenvalue weighted by Gasteiger charge is -2.00. The molecule has 0 saturated carbocycles. The first-order chi connectivity index (χ1) is 5.72. The second kappa shape index (κ2) is 3.71. The Hall–Kier alpha value is -1.58. The van der Waals surface area contributed by atoms with Gasteiger partial charge < -0.3 is 9.47 Å². The minimum atomic E-state index is -0.818. The van der Waals surface area contributed by atoms with Crippen LogP contribution in [0.5, 0.6) is 5.75 Å². The van der Waals surface area contributed by atoms with E-state index in [2.05, 4.69) is 9.47 Å². The summed E-state index contributed by atoms with van der Waals surface area (Å²) in [5, 5.41) is 0. The molecule has 3 nitrogen and oxygen atoms in total. The molecule has 0 aromatic heterocycles. The van der Waals surface area contributed by atoms with Crippen molar-refractivity contribution in [1.82, 2.24) is 0 Å². The average molecular weight is 170 g/mol. The van der Waals surface area contributed by atoms with Crippen LogP contribution in [-0.4, -0.2) is 13.3 Å². The van der Waals surface area contributed by atoms with Crippen LogP contribution in [0.4, 0.5) is 9.18 Å². The van der Waals surface area contributed by atoms with E-state index in [0.29, 0.717) is 0 Å². The molecule has 0 N–H and O–H groups in total. The molecule has 0 fully saturated rings. The molecule has 4 heteroatoms. The zero-order valence-electron chi connectivity index (χ0n) is 6.41. The molecular formula is C8H7FO3. The molecule has 1 rings (SSSR count). The zero-order chi connectivity index (χ0) is 8.97. The Labute approximate surface area is 68.7 Å². The largest absolute Gasteiger partial charge is 0.513 e. The van der Waals surface area contributed by atoms with Crippen LogP contribution in [0.2, 0.25) is 0 Å². The second-order valence-electron chi connectivity index (χ2n) is 2.01. The van der Waals surface area contributed by atoms with Crippen LogP contribution in [0.25, 0.3) is 0 Å². The van der Waals surface area contributed by atoms with E-state index in [9.17, 15) is 9.18 Å². The molecule has 0 bridgehead atoms. The molecule has 0 radical (unpaired) electrons. The standard InChI is InChI=1S/C8H7FO3/c1-11-8(10)12-7-4-2-6(9)3-5-7/h2-5H,1H3. The Bertz CT molecular complexity index is 268. The third-order valence-corrected chi connectivity index (χ3v) is 1.18. The van der Waals surface area contributed by atoms with Crippen LogP contribution >= 0.6 is 0 Å². The van der Waals surface area contributed by atoms with Crippen LogP contribution in [0.1, 0.15) is 0 Å². The van der Waals surface area contributed by atoms with Gasteiger partial charge in [-0.2, -0.15) is 0 Å². The van der Waals surface area contributed by atoms with Gasteiger partial charge in [0.25, 0.3) is 0 Å². The number of rotatable bonds is 1. The van der Waals surface area contributed by atoms with E-state index in [-0.39, 0.29) is 11.6 Å². The normalized spacial score (nSPS) is 9.17. The average Bonchev–Trinajstić information content (AvgIpc) is 2.09. The minimum Gasteiger partial charge on any atom is -0.437 e. The van der Waals surface area contributed by atoms with E-state index in [1.165, 1.54) is 31.4 Å². The minimum absolute atomic E-state index is 0.253. The van der Waals surface area contributed by atoms with Crippen molar-refractivity contribution in [3.63, 3.8) is 0 Å². The number of hydrogen-bond acceptors (Lipinski definition) is 3. The Kier molecular flexibility index (Phi) is 2.63. The van der Waals surface area contributed by atoms with Crippen molar-refractivity contribution in [2.45, 2.75) is 0 Å². The molecule has 0 aliphatic rings. The highest BCUT2D eigenvalue weighted by Crippen LogP contribution is 2.11. The molecule has 0 aliphatic heterocycles. The fraction of sp³-hybridized carbons (Fsp3) is 0.125. The second-order valence-corrected chi connectivity index (χ2v) is 2.01. The van der Waals surface area contributed by atoms with Gasteiger partial charge in [-0.3, -0.25) is 0 Å². The van der Waals surface area contributed by atoms with Crippen LogP contribution < -0.4 is 4.74 Å². The van der Waals surface area contributed by atoms with Crippen molar-refractivity contribution in [2.24, 2.45) is 0 Å². The molecule has 1 aromatic rings. The fourth-order valence-electron chi connectivity index (χ4n) is 0.641. The summed E-state index contributed by atoms with van der Waals surface area (Å²) < 4.78 is 21.2. The van der Waals surface area contributed by atoms with Crippen molar-refractivity contribution < 1.29 is 18.7 Å². The van der Waals surface area contributed by atoms with Crippen LogP contribution in [0.3, 0.4) is 0 Å². The zero-order valence-corrected chi connectivity index (χ0v) is 6.41. The molecule has 0 amide bonds. The third kappa shape index (κ3) is 2.23. The Balaban J connectivity index is 2.64. The Morgan fingerprint density at radius 3 is 2.42 bits per heavy atom. The van der Waals surface area contributed by atoms with Gasteiger partial charge >= 0.3 is 6.16 Å². The van der Waals surface area contributed by atoms with Gasteiger partial charge in [0.15, 0.2) is 0 Å². The van der Waals surface area contributed by atoms with Gasteiger partial charge in [-0.1, -0.05) is 0 Å². The first-order valence-electron chi connectivity index (χ1n) is 3.24. The molecule has 64 valence electrons. The number of hydrogen-bond donors (Lipinski definition) is 0. The van der Waals surface area contributed by atoms with Gasteiger partial charge in [0.05, 0.1) is 7.11 Å². The van der Waals surface area contributed by atoms with E-state index in [1.807, 2.05) is 0 Å². The molecule has 0 spiro atoms. The van der Waals surface area contributed by atoms with E-state index >= 15 is 0 Å². The molecule has 0 unspecified atom stereocenters. The molecule has 0 saturated heterocycles. The lowest BCUT2D eigenvalue weighted by atomic mass is 10.3. The number of methoxy groups -OCH3 is 1. The molecule has 0 aliphatic carbocycles. The quantitative estimate of drug-likeness (QED) is 0.477. The van der Waals surface area contributed by atoms with Crippen LogP contribution in [-0.2, 0) is 4.74 Å². The van der Waals surface area contributed by atoms with Gasteiger partial charge in [-0.05, 0) is 24.3 Å². The summed E-state index contributed by atoms with van der Waals surface area (Å²) in [6.07, 6.45) is -0.818. The lowest BCUT2D eigenvalue weighted by molar-refractivity contribution is 0.121. The van der Waals surface area contributed by atoms with Crippen molar-refractivity contribution in [2.75, 3.05) is 7.11 Å². The summed E-state index contributed by atoms with van der Waals surface area (Å²) in [6, 6.07) is 5.06. The first kappa shape index (κ1) is 8.52. The molecule has 0 heterocycles. The van der Waals surface area contributed by atoms with E-state index in [0.717, 1.165) is 0 Å². The number of carbonyl (C=O) groups excluding carboxylic acids is 1. The van der Waals surface area contributed by atoms with Crippen molar-refractivity contribution in [3.8, 4) is 5.75 Å². The molecule has 12 heavy (non-hydrogen) atoms. The van der Waals surface area contributed by atoms with Gasteiger partial charge in [-0.25, -0.2) is 9.18 Å². The number of halogens is 1. The smallest absolute Gasteiger partial charge is 0.437 e. The van der Waals surface area contributed by atoms with Crippen LogP contribution in [0.15, 0.2) is 24.3 Å². The van der Waals surface area contributed by atoms with Gasteiger partial charge in [0.1, 0.15) is 11.6 Å². The third-order valence-electron chi connectivity index (χ3n) is 1.18. The summed E-state index contributed by atoms with van der Waals surface area (Å²) in [4.78, 5) is 10.5. The monoisotopic (exact) mass is 170 g/mol. The molecule has 1 aromatic carbocycles. The molecular weight excluding hydrogens is 163 g/mol. The van der Waals surface area contributed by atoms with Crippen molar-refractivity contribution >= 4 is 6.16 Å². The highest BCUT2D eigenvalue weighted by Gasteiger charge is 2.02. The summed E-state index contributed by atoms with van der Waals surface area (Å²) in [5.41, 5.74) is 0. The maximum Gasteiger partial charge on any atom is 0.513 e. The van der Waals surface area contributed by atoms with E-state index in [1.54, 1.807) is 0 Å². The number of ether oxygens (including phenoxy) is 2. The van der Waals surface area contributed by atoms with Crippen molar-refractivity contribution in [3.05, 3.63) is 30.1 Å². The Morgan fingerprint density at radius 1 is 1.33 bits per heavy atom. The predicted octanol–water partition coefficient (Wildman–Crippen LogP) is 1.97. The summed E-state index contributed by atoms with van der Waals surface area (Å²) in [5.74, 6) is -0.129. The summed E-state index contributed by atoms with van der Waals surface area (Å²) >= 11 is 0. The highest BCUT2D eigenvalue weighted by atomic mass is 19.1. The SMILES string of the molecule is COC(=O)Oc1ccc(F)cc1. The predicted molar refractivity (Wildman–Crippen MR) is 39.4 cm³/mol. The highest BCUT2D eigenvalue weighted by molar-refractivity contribution is 5.63. The van der Waals surface area contributed by atoms with Crippen LogP contribution in [0, 0.1) is 5.82 Å². The lowest BCUT2D eigenvalue weighted by Crippen LogP contribution is -2.06. The van der Waals surface area contributed by atoms with Gasteiger partial charge in [0, 0.05) is 0 Å². The maximum absolute atomic E-state index is 12.3. The van der Waals surface area contributed by atoms with Gasteiger partial charge in [0.2, 0.25) is 0 Å². The molecule has 0 atom stereocenters. The van der Waals surface area contributed by atoms with Crippen molar-refractivity contribution in [1.29, 1.82) is 0 Å². The summed E-state index contributed by atoms with van der Waals surface area (Å²) in [6.45, 7) is 0. The van der Waals surface area contributed by atoms with E-state index < -0.39 is 6.16 Å². The maximum atomic E-state index is 12.3. The topological polar surface area (TPSA) is 35.5 Å². The van der Waals surface area contributed by atoms with E-state index in [4.69, 9.17) is 0 Å². The Morgan fingerprint density at radius 2 is 1.92 bits per heavy atom. The number of benzene rings is 1. The van der Waals surface area contributed by atoms with Gasteiger partial charge in [-0.15, -0.1) is 0 Å².